The molecule has 0 saturated heterocycles. The van der Waals surface area contributed by atoms with Crippen molar-refractivity contribution in [1.29, 1.82) is 0 Å². The Balaban J connectivity index is -0.000000325. The van der Waals surface area contributed by atoms with Gasteiger partial charge in [-0.1, -0.05) is 60.7 Å². The maximum atomic E-state index is 8.25. The second-order valence-corrected chi connectivity index (χ2v) is 2.73. The van der Waals surface area contributed by atoms with Gasteiger partial charge < -0.3 is 15.3 Å². The molecular formula is C15H19AlO3. The van der Waals surface area contributed by atoms with E-state index in [1.54, 1.807) is 0 Å². The van der Waals surface area contributed by atoms with Crippen LogP contribution in [0.3, 0.4) is 0 Å². The number of hydrogen-bond acceptors (Lipinski definition) is 3. The van der Waals surface area contributed by atoms with Gasteiger partial charge in [-0.15, -0.1) is 0 Å². The van der Waals surface area contributed by atoms with Gasteiger partial charge in [0.25, 0.3) is 0 Å². The molecular weight excluding hydrogens is 255 g/mol. The van der Waals surface area contributed by atoms with E-state index < -0.39 is 0 Å². The third-order valence-corrected chi connectivity index (χ3v) is 1.88. The van der Waals surface area contributed by atoms with Gasteiger partial charge >= 0.3 is 17.4 Å². The second-order valence-electron chi connectivity index (χ2n) is 2.73. The normalized spacial score (nSPS) is 7.05. The van der Waals surface area contributed by atoms with E-state index in [9.17, 15) is 0 Å². The van der Waals surface area contributed by atoms with Crippen LogP contribution in [0.4, 0.5) is 0 Å². The van der Waals surface area contributed by atoms with Crippen molar-refractivity contribution >= 4 is 17.4 Å². The van der Waals surface area contributed by atoms with E-state index >= 15 is 0 Å². The molecule has 2 aromatic rings. The first-order chi connectivity index (χ1) is 8.97. The van der Waals surface area contributed by atoms with Gasteiger partial charge in [-0.3, -0.25) is 0 Å². The number of benzene rings is 2. The van der Waals surface area contributed by atoms with Crippen molar-refractivity contribution in [3.63, 3.8) is 0 Å². The Kier molecular flexibility index (Phi) is 23.2. The zero-order valence-electron chi connectivity index (χ0n) is 11.6. The van der Waals surface area contributed by atoms with Gasteiger partial charge in [0, 0.05) is 0 Å². The van der Waals surface area contributed by atoms with Crippen molar-refractivity contribution in [2.24, 2.45) is 0 Å². The van der Waals surface area contributed by atoms with Gasteiger partial charge in [-0.05, 0) is 11.1 Å². The van der Waals surface area contributed by atoms with Crippen LogP contribution in [-0.2, 0) is 0 Å². The van der Waals surface area contributed by atoms with Gasteiger partial charge in [-0.2, -0.15) is 21.3 Å². The molecule has 0 spiro atoms. The first-order valence-electron chi connectivity index (χ1n) is 5.30. The van der Waals surface area contributed by atoms with Crippen molar-refractivity contribution in [3.05, 3.63) is 60.7 Å². The van der Waals surface area contributed by atoms with Crippen molar-refractivity contribution in [2.75, 3.05) is 21.3 Å². The van der Waals surface area contributed by atoms with Crippen molar-refractivity contribution < 1.29 is 15.3 Å². The summed E-state index contributed by atoms with van der Waals surface area (Å²) in [6, 6.07) is 20.8. The summed E-state index contributed by atoms with van der Waals surface area (Å²) < 4.78 is 0. The first-order valence-corrected chi connectivity index (χ1v) is 5.30. The molecule has 2 aromatic carbocycles. The number of hydrogen-bond donors (Lipinski definition) is 0. The van der Waals surface area contributed by atoms with E-state index in [2.05, 4.69) is 48.5 Å². The van der Waals surface area contributed by atoms with Crippen LogP contribution in [0.15, 0.2) is 60.7 Å². The molecule has 0 unspecified atom stereocenters. The Labute approximate surface area is 126 Å². The summed E-state index contributed by atoms with van der Waals surface area (Å²) in [5, 5.41) is 24.8. The van der Waals surface area contributed by atoms with Gasteiger partial charge in [0.1, 0.15) is 0 Å². The minimum absolute atomic E-state index is 0. The second kappa shape index (κ2) is 19.2. The van der Waals surface area contributed by atoms with Crippen LogP contribution < -0.4 is 15.3 Å². The summed E-state index contributed by atoms with van der Waals surface area (Å²) in [6.45, 7) is 0. The summed E-state index contributed by atoms with van der Waals surface area (Å²) in [5.41, 5.74) is 2.55. The molecule has 19 heavy (non-hydrogen) atoms. The first kappa shape index (κ1) is 23.0. The predicted molar refractivity (Wildman–Crippen MR) is 75.4 cm³/mol. The van der Waals surface area contributed by atoms with Gasteiger partial charge in [-0.25, -0.2) is 0 Å². The third kappa shape index (κ3) is 10.5. The standard InChI is InChI=1S/C12H10.3CH3O.Al/c1-3-7-11(8-4-1)12-9-5-2-6-10-12;3*1-2;/h1-10H;3*1H3;/q;3*-1;+3. The fourth-order valence-electron chi connectivity index (χ4n) is 1.26. The maximum Gasteiger partial charge on any atom is 3.00 e. The van der Waals surface area contributed by atoms with Crippen LogP contribution in [0.2, 0.25) is 0 Å². The van der Waals surface area contributed by atoms with E-state index in [-0.39, 0.29) is 17.4 Å². The zero-order chi connectivity index (χ0) is 14.2. The van der Waals surface area contributed by atoms with Gasteiger partial charge in [0.15, 0.2) is 0 Å². The van der Waals surface area contributed by atoms with Crippen LogP contribution in [0, 0.1) is 0 Å². The molecule has 4 heteroatoms. The molecule has 0 fully saturated rings. The number of rotatable bonds is 1. The monoisotopic (exact) mass is 274 g/mol. The molecule has 0 aromatic heterocycles. The summed E-state index contributed by atoms with van der Waals surface area (Å²) in [7, 11) is 2.25. The van der Waals surface area contributed by atoms with Crippen LogP contribution in [0.1, 0.15) is 0 Å². The predicted octanol–water partition coefficient (Wildman–Crippen LogP) is -0.0977. The van der Waals surface area contributed by atoms with E-state index in [4.69, 9.17) is 15.3 Å². The molecule has 100 valence electrons. The molecule has 0 bridgehead atoms. The molecule has 0 aliphatic heterocycles. The van der Waals surface area contributed by atoms with Crippen molar-refractivity contribution in [3.8, 4) is 11.1 Å². The molecule has 0 radical (unpaired) electrons. The quantitative estimate of drug-likeness (QED) is 0.682. The average Bonchev–Trinajstić information content (AvgIpc) is 2.55. The van der Waals surface area contributed by atoms with Gasteiger partial charge in [0.05, 0.1) is 0 Å². The molecule has 0 saturated carbocycles. The topological polar surface area (TPSA) is 69.2 Å². The van der Waals surface area contributed by atoms with Gasteiger partial charge in [0.2, 0.25) is 0 Å². The minimum atomic E-state index is 0. The largest absolute Gasteiger partial charge is 3.00 e. The molecule has 0 atom stereocenters. The molecule has 0 amide bonds. The molecule has 0 aliphatic carbocycles. The summed E-state index contributed by atoms with van der Waals surface area (Å²) in [4.78, 5) is 0. The molecule has 2 rings (SSSR count). The Morgan fingerprint density at radius 3 is 0.895 bits per heavy atom. The molecule has 3 nitrogen and oxygen atoms in total. The third-order valence-electron chi connectivity index (χ3n) is 1.88. The van der Waals surface area contributed by atoms with Crippen LogP contribution in [-0.4, -0.2) is 38.7 Å². The van der Waals surface area contributed by atoms with Crippen molar-refractivity contribution in [2.45, 2.75) is 0 Å². The maximum absolute atomic E-state index is 8.25. The summed E-state index contributed by atoms with van der Waals surface area (Å²) in [6.07, 6.45) is 0. The smallest absolute Gasteiger partial charge is 0.857 e. The zero-order valence-corrected chi connectivity index (χ0v) is 12.7. The fourth-order valence-corrected chi connectivity index (χ4v) is 1.26. The van der Waals surface area contributed by atoms with E-state index in [0.29, 0.717) is 0 Å². The van der Waals surface area contributed by atoms with Crippen molar-refractivity contribution in [1.82, 2.24) is 0 Å². The van der Waals surface area contributed by atoms with E-state index in [1.165, 1.54) is 11.1 Å². The Bertz CT molecular complexity index is 315. The summed E-state index contributed by atoms with van der Waals surface area (Å²) >= 11 is 0. The van der Waals surface area contributed by atoms with E-state index in [1.807, 2.05) is 12.1 Å². The van der Waals surface area contributed by atoms with E-state index in [0.717, 1.165) is 21.3 Å². The SMILES string of the molecule is C[O-].C[O-].C[O-].[Al+3].c1ccc(-c2ccccc2)cc1. The molecule has 0 heterocycles. The molecule has 0 aliphatic rings. The summed E-state index contributed by atoms with van der Waals surface area (Å²) in [5.74, 6) is 0. The fraction of sp³-hybridized carbons (Fsp3) is 0.200. The molecule has 0 N–H and O–H groups in total. The van der Waals surface area contributed by atoms with Crippen LogP contribution >= 0.6 is 0 Å². The Morgan fingerprint density at radius 1 is 0.474 bits per heavy atom. The Morgan fingerprint density at radius 2 is 0.684 bits per heavy atom. The average molecular weight is 274 g/mol. The van der Waals surface area contributed by atoms with Crippen LogP contribution in [0.25, 0.3) is 11.1 Å². The minimum Gasteiger partial charge on any atom is -0.857 e. The Hall–Kier alpha value is -1.15. The van der Waals surface area contributed by atoms with Crippen LogP contribution in [0.5, 0.6) is 0 Å².